The molecule has 0 fully saturated rings. The van der Waals surface area contributed by atoms with Crippen molar-refractivity contribution in [3.05, 3.63) is 41.1 Å². The molecule has 0 saturated heterocycles. The van der Waals surface area contributed by atoms with Gasteiger partial charge in [0.05, 0.1) is 18.2 Å². The van der Waals surface area contributed by atoms with Gasteiger partial charge in [0.25, 0.3) is 0 Å². The number of amides is 1. The number of esters is 1. The molecule has 1 aromatic rings. The summed E-state index contributed by atoms with van der Waals surface area (Å²) in [5, 5.41) is 6.73. The van der Waals surface area contributed by atoms with Crippen LogP contribution in [0, 0.1) is 0 Å². The van der Waals surface area contributed by atoms with Gasteiger partial charge in [0.1, 0.15) is 0 Å². The highest BCUT2D eigenvalue weighted by Crippen LogP contribution is 2.31. The van der Waals surface area contributed by atoms with Gasteiger partial charge in [0.2, 0.25) is 5.91 Å². The number of nitrogens with one attached hydrogen (secondary N) is 2. The summed E-state index contributed by atoms with van der Waals surface area (Å²) in [7, 11) is 1.82. The third-order valence-electron chi connectivity index (χ3n) is 5.53. The molecule has 2 N–H and O–H groups in total. The lowest BCUT2D eigenvalue weighted by atomic mass is 9.95. The van der Waals surface area contributed by atoms with E-state index in [2.05, 4.69) is 17.6 Å². The van der Waals surface area contributed by atoms with Crippen LogP contribution in [0.15, 0.2) is 35.5 Å². The predicted octanol–water partition coefficient (Wildman–Crippen LogP) is 5.07. The molecule has 6 nitrogen and oxygen atoms in total. The molecule has 1 amide bonds. The van der Waals surface area contributed by atoms with Crippen LogP contribution >= 0.6 is 12.2 Å². The lowest BCUT2D eigenvalue weighted by molar-refractivity contribution is -0.139. The van der Waals surface area contributed by atoms with Gasteiger partial charge in [0.15, 0.2) is 5.11 Å². The maximum atomic E-state index is 12.6. The highest BCUT2D eigenvalue weighted by atomic mass is 32.1. The molecule has 0 radical (unpaired) electrons. The quantitative estimate of drug-likeness (QED) is 0.281. The topological polar surface area (TPSA) is 70.7 Å². The van der Waals surface area contributed by atoms with Gasteiger partial charge in [-0.25, -0.2) is 4.79 Å². The van der Waals surface area contributed by atoms with Crippen LogP contribution in [0.25, 0.3) is 0 Å². The minimum absolute atomic E-state index is 0.0322. The molecule has 0 bridgehead atoms. The zero-order chi connectivity index (χ0) is 22.8. The van der Waals surface area contributed by atoms with E-state index in [0.717, 1.165) is 29.8 Å². The van der Waals surface area contributed by atoms with Crippen molar-refractivity contribution in [3.63, 3.8) is 0 Å². The SMILES string of the molecule is CCCCCCCCC(=O)Nc1ccc(C2NC(=S)N(C)C(C)=C2C(=O)OCC)cc1. The first kappa shape index (κ1) is 24.9. The Bertz CT molecular complexity index is 805. The van der Waals surface area contributed by atoms with Crippen LogP contribution in [-0.4, -0.2) is 35.5 Å². The maximum Gasteiger partial charge on any atom is 0.338 e. The minimum atomic E-state index is -0.393. The Morgan fingerprint density at radius 1 is 1.10 bits per heavy atom. The van der Waals surface area contributed by atoms with Crippen LogP contribution in [-0.2, 0) is 14.3 Å². The average molecular weight is 446 g/mol. The van der Waals surface area contributed by atoms with Gasteiger partial charge in [-0.05, 0) is 50.2 Å². The van der Waals surface area contributed by atoms with Crippen molar-refractivity contribution in [1.82, 2.24) is 10.2 Å². The largest absolute Gasteiger partial charge is 0.463 e. The van der Waals surface area contributed by atoms with E-state index in [-0.39, 0.29) is 11.9 Å². The monoisotopic (exact) mass is 445 g/mol. The molecule has 0 aliphatic carbocycles. The molecule has 1 aromatic carbocycles. The zero-order valence-electron chi connectivity index (χ0n) is 19.1. The van der Waals surface area contributed by atoms with Crippen LogP contribution in [0.3, 0.4) is 0 Å². The summed E-state index contributed by atoms with van der Waals surface area (Å²) in [6, 6.07) is 7.12. The standard InChI is InChI=1S/C24H35N3O3S/c1-5-7-8-9-10-11-12-20(28)25-19-15-13-18(14-16-19)22-21(23(29)30-6-2)17(3)27(4)24(31)26-22/h13-16,22H,5-12H2,1-4H3,(H,25,28)(H,26,31). The Morgan fingerprint density at radius 2 is 1.74 bits per heavy atom. The predicted molar refractivity (Wildman–Crippen MR) is 129 cm³/mol. The number of anilines is 1. The summed E-state index contributed by atoms with van der Waals surface area (Å²) >= 11 is 5.41. The van der Waals surface area contributed by atoms with Gasteiger partial charge in [-0.15, -0.1) is 0 Å². The lowest BCUT2D eigenvalue weighted by Crippen LogP contribution is -2.46. The Morgan fingerprint density at radius 3 is 2.39 bits per heavy atom. The lowest BCUT2D eigenvalue weighted by Gasteiger charge is -2.35. The molecule has 170 valence electrons. The average Bonchev–Trinajstić information content (AvgIpc) is 2.75. The number of carbonyl (C=O) groups is 2. The van der Waals surface area contributed by atoms with Crippen LogP contribution in [0.4, 0.5) is 5.69 Å². The van der Waals surface area contributed by atoms with Crippen molar-refractivity contribution in [2.24, 2.45) is 0 Å². The number of rotatable bonds is 11. The van der Waals surface area contributed by atoms with Crippen LogP contribution in [0.2, 0.25) is 0 Å². The summed E-state index contributed by atoms with van der Waals surface area (Å²) in [5.41, 5.74) is 2.93. The van der Waals surface area contributed by atoms with Crippen molar-refractivity contribution in [2.75, 3.05) is 19.0 Å². The number of thiocarbonyl (C=S) groups is 1. The van der Waals surface area contributed by atoms with E-state index in [9.17, 15) is 9.59 Å². The molecule has 1 unspecified atom stereocenters. The van der Waals surface area contributed by atoms with E-state index >= 15 is 0 Å². The fourth-order valence-electron chi connectivity index (χ4n) is 3.61. The second-order valence-electron chi connectivity index (χ2n) is 7.85. The molecule has 31 heavy (non-hydrogen) atoms. The zero-order valence-corrected chi connectivity index (χ0v) is 19.9. The molecular formula is C24H35N3O3S. The van der Waals surface area contributed by atoms with E-state index in [0.29, 0.717) is 23.7 Å². The van der Waals surface area contributed by atoms with Crippen molar-refractivity contribution in [3.8, 4) is 0 Å². The van der Waals surface area contributed by atoms with Gasteiger partial charge < -0.3 is 20.3 Å². The summed E-state index contributed by atoms with van der Waals surface area (Å²) in [4.78, 5) is 26.6. The smallest absolute Gasteiger partial charge is 0.338 e. The van der Waals surface area contributed by atoms with Crippen LogP contribution in [0.5, 0.6) is 0 Å². The molecule has 1 aliphatic heterocycles. The molecule has 1 aliphatic rings. The Hall–Kier alpha value is -2.41. The van der Waals surface area contributed by atoms with Gasteiger partial charge in [-0.2, -0.15) is 0 Å². The number of nitrogens with zero attached hydrogens (tertiary/aromatic N) is 1. The third kappa shape index (κ3) is 7.06. The molecule has 0 spiro atoms. The van der Waals surface area contributed by atoms with Crippen LogP contribution in [0.1, 0.15) is 77.3 Å². The highest BCUT2D eigenvalue weighted by Gasteiger charge is 2.33. The van der Waals surface area contributed by atoms with E-state index in [1.165, 1.54) is 25.7 Å². The second kappa shape index (κ2) is 12.4. The maximum absolute atomic E-state index is 12.6. The first-order chi connectivity index (χ1) is 14.9. The van der Waals surface area contributed by atoms with Gasteiger partial charge in [0, 0.05) is 24.9 Å². The molecule has 1 atom stereocenters. The Balaban J connectivity index is 2.02. The van der Waals surface area contributed by atoms with Gasteiger partial charge in [-0.1, -0.05) is 51.2 Å². The molecule has 1 heterocycles. The Labute approximate surface area is 191 Å². The molecule has 7 heteroatoms. The molecule has 0 aromatic heterocycles. The normalized spacial score (nSPS) is 16.2. The molecular weight excluding hydrogens is 410 g/mol. The third-order valence-corrected chi connectivity index (χ3v) is 5.93. The number of unbranched alkanes of at least 4 members (excludes halogenated alkanes) is 5. The van der Waals surface area contributed by atoms with Crippen molar-refractivity contribution >= 4 is 34.9 Å². The Kier molecular flexibility index (Phi) is 9.98. The second-order valence-corrected chi connectivity index (χ2v) is 8.24. The van der Waals surface area contributed by atoms with Crippen molar-refractivity contribution in [2.45, 2.75) is 71.8 Å². The highest BCUT2D eigenvalue weighted by molar-refractivity contribution is 7.80. The van der Waals surface area contributed by atoms with Crippen LogP contribution < -0.4 is 10.6 Å². The number of carbonyl (C=O) groups excluding carboxylic acids is 2. The van der Waals surface area contributed by atoms with E-state index in [4.69, 9.17) is 17.0 Å². The van der Waals surface area contributed by atoms with Gasteiger partial charge >= 0.3 is 5.97 Å². The molecule has 0 saturated carbocycles. The summed E-state index contributed by atoms with van der Waals surface area (Å²) in [6.45, 7) is 6.16. The fourth-order valence-corrected chi connectivity index (χ4v) is 3.86. The number of hydrogen-bond donors (Lipinski definition) is 2. The number of ether oxygens (including phenoxy) is 1. The van der Waals surface area contributed by atoms with Crippen molar-refractivity contribution in [1.29, 1.82) is 0 Å². The molecule has 2 rings (SSSR count). The van der Waals surface area contributed by atoms with Crippen molar-refractivity contribution < 1.29 is 14.3 Å². The summed E-state index contributed by atoms with van der Waals surface area (Å²) in [6.07, 6.45) is 7.47. The number of benzene rings is 1. The van der Waals surface area contributed by atoms with E-state index < -0.39 is 6.04 Å². The van der Waals surface area contributed by atoms with E-state index in [1.807, 2.05) is 38.2 Å². The summed E-state index contributed by atoms with van der Waals surface area (Å²) < 4.78 is 5.27. The van der Waals surface area contributed by atoms with E-state index in [1.54, 1.807) is 11.8 Å². The minimum Gasteiger partial charge on any atom is -0.463 e. The summed E-state index contributed by atoms with van der Waals surface area (Å²) in [5.74, 6) is -0.326. The first-order valence-corrected chi connectivity index (χ1v) is 11.6. The number of hydrogen-bond acceptors (Lipinski definition) is 4. The number of allylic oxidation sites excluding steroid dienone is 1. The fraction of sp³-hybridized carbons (Fsp3) is 0.542. The van der Waals surface area contributed by atoms with Gasteiger partial charge in [-0.3, -0.25) is 4.79 Å². The first-order valence-electron chi connectivity index (χ1n) is 11.2.